The molecule has 0 unspecified atom stereocenters. The van der Waals surface area contributed by atoms with Crippen molar-refractivity contribution in [1.82, 2.24) is 15.5 Å². The fraction of sp³-hybridized carbons (Fsp3) is 0.529. The number of benzene rings is 1. The molecule has 2 N–H and O–H groups in total. The van der Waals surface area contributed by atoms with Crippen molar-refractivity contribution in [3.05, 3.63) is 30.3 Å². The lowest BCUT2D eigenvalue weighted by Gasteiger charge is -2.31. The number of ether oxygens (including phenoxy) is 1. The first-order valence-electron chi connectivity index (χ1n) is 8.23. The van der Waals surface area contributed by atoms with Gasteiger partial charge in [0.2, 0.25) is 5.91 Å². The van der Waals surface area contributed by atoms with Crippen LogP contribution >= 0.6 is 0 Å². The number of amides is 3. The Bertz CT molecular complexity index is 537. The second kappa shape index (κ2) is 7.46. The molecule has 1 aromatic rings. The predicted molar refractivity (Wildman–Crippen MR) is 86.2 cm³/mol. The van der Waals surface area contributed by atoms with Crippen molar-refractivity contribution < 1.29 is 14.3 Å². The van der Waals surface area contributed by atoms with Crippen molar-refractivity contribution in [3.8, 4) is 5.75 Å². The first kappa shape index (κ1) is 15.8. The van der Waals surface area contributed by atoms with Crippen molar-refractivity contribution in [2.45, 2.75) is 37.8 Å². The van der Waals surface area contributed by atoms with Crippen LogP contribution in [0.1, 0.15) is 25.7 Å². The molecule has 0 radical (unpaired) electrons. The Morgan fingerprint density at radius 1 is 1.09 bits per heavy atom. The smallest absolute Gasteiger partial charge is 0.321 e. The van der Waals surface area contributed by atoms with Crippen molar-refractivity contribution in [2.75, 3.05) is 19.6 Å². The number of hydrogen-bond acceptors (Lipinski definition) is 4. The molecule has 124 valence electrons. The van der Waals surface area contributed by atoms with E-state index in [1.807, 2.05) is 30.3 Å². The van der Waals surface area contributed by atoms with E-state index < -0.39 is 0 Å². The summed E-state index contributed by atoms with van der Waals surface area (Å²) in [7, 11) is 0. The van der Waals surface area contributed by atoms with E-state index >= 15 is 0 Å². The third kappa shape index (κ3) is 5.25. The minimum Gasteiger partial charge on any atom is -0.490 e. The number of piperidine rings is 1. The van der Waals surface area contributed by atoms with Gasteiger partial charge in [0, 0.05) is 19.1 Å². The number of carbonyl (C=O) groups is 2. The van der Waals surface area contributed by atoms with Crippen LogP contribution in [-0.2, 0) is 4.79 Å². The van der Waals surface area contributed by atoms with Gasteiger partial charge < -0.3 is 10.1 Å². The number of nitrogens with one attached hydrogen (secondary N) is 2. The molecule has 1 aliphatic carbocycles. The molecule has 23 heavy (non-hydrogen) atoms. The summed E-state index contributed by atoms with van der Waals surface area (Å²) < 4.78 is 5.93. The van der Waals surface area contributed by atoms with Gasteiger partial charge in [0.15, 0.2) is 0 Å². The van der Waals surface area contributed by atoms with Gasteiger partial charge in [0.1, 0.15) is 11.9 Å². The summed E-state index contributed by atoms with van der Waals surface area (Å²) in [6.07, 6.45) is 3.98. The molecule has 1 aromatic carbocycles. The minimum absolute atomic E-state index is 0.190. The maximum Gasteiger partial charge on any atom is 0.321 e. The summed E-state index contributed by atoms with van der Waals surface area (Å²) in [4.78, 5) is 25.4. The van der Waals surface area contributed by atoms with E-state index in [0.717, 1.165) is 44.5 Å². The second-order valence-electron chi connectivity index (χ2n) is 6.20. The van der Waals surface area contributed by atoms with Crippen LogP contribution in [0, 0.1) is 0 Å². The monoisotopic (exact) mass is 317 g/mol. The summed E-state index contributed by atoms with van der Waals surface area (Å²) in [6, 6.07) is 9.68. The van der Waals surface area contributed by atoms with Crippen LogP contribution in [0.2, 0.25) is 0 Å². The van der Waals surface area contributed by atoms with Gasteiger partial charge in [-0.3, -0.25) is 15.0 Å². The quantitative estimate of drug-likeness (QED) is 0.864. The normalized spacial score (nSPS) is 19.1. The lowest BCUT2D eigenvalue weighted by atomic mass is 10.1. The zero-order valence-corrected chi connectivity index (χ0v) is 13.2. The van der Waals surface area contributed by atoms with Crippen LogP contribution in [0.25, 0.3) is 0 Å². The Hall–Kier alpha value is -2.08. The third-order valence-electron chi connectivity index (χ3n) is 4.11. The highest BCUT2D eigenvalue weighted by Gasteiger charge is 2.25. The molecule has 3 rings (SSSR count). The third-order valence-corrected chi connectivity index (χ3v) is 4.11. The van der Waals surface area contributed by atoms with E-state index in [-0.39, 0.29) is 30.6 Å². The Labute approximate surface area is 136 Å². The van der Waals surface area contributed by atoms with Gasteiger partial charge in [0.25, 0.3) is 0 Å². The molecule has 0 spiro atoms. The number of urea groups is 1. The topological polar surface area (TPSA) is 70.7 Å². The second-order valence-corrected chi connectivity index (χ2v) is 6.20. The largest absolute Gasteiger partial charge is 0.490 e. The zero-order chi connectivity index (χ0) is 16.1. The summed E-state index contributed by atoms with van der Waals surface area (Å²) >= 11 is 0. The van der Waals surface area contributed by atoms with E-state index in [1.165, 1.54) is 0 Å². The van der Waals surface area contributed by atoms with Crippen molar-refractivity contribution in [2.24, 2.45) is 0 Å². The lowest BCUT2D eigenvalue weighted by Crippen LogP contribution is -2.47. The Balaban J connectivity index is 1.35. The standard InChI is InChI=1S/C17H23N3O3/c21-16(19-17(22)18-13-6-7-13)12-20-10-8-15(9-11-20)23-14-4-2-1-3-5-14/h1-5,13,15H,6-12H2,(H2,18,19,21,22). The van der Waals surface area contributed by atoms with Gasteiger partial charge in [-0.25, -0.2) is 4.79 Å². The van der Waals surface area contributed by atoms with Gasteiger partial charge >= 0.3 is 6.03 Å². The number of hydrogen-bond donors (Lipinski definition) is 2. The number of imide groups is 1. The Morgan fingerprint density at radius 3 is 2.43 bits per heavy atom. The molecular weight excluding hydrogens is 294 g/mol. The zero-order valence-electron chi connectivity index (χ0n) is 13.2. The first-order chi connectivity index (χ1) is 11.2. The predicted octanol–water partition coefficient (Wildman–Crippen LogP) is 1.52. The van der Waals surface area contributed by atoms with Gasteiger partial charge in [0.05, 0.1) is 6.54 Å². The molecule has 3 amide bonds. The summed E-state index contributed by atoms with van der Waals surface area (Å²) in [5, 5.41) is 5.13. The molecular formula is C17H23N3O3. The molecule has 6 nitrogen and oxygen atoms in total. The molecule has 1 saturated carbocycles. The van der Waals surface area contributed by atoms with E-state index in [4.69, 9.17) is 4.74 Å². The average Bonchev–Trinajstić information content (AvgIpc) is 3.34. The number of carbonyl (C=O) groups excluding carboxylic acids is 2. The number of likely N-dealkylation sites (tertiary alicyclic amines) is 1. The maximum atomic E-state index is 11.9. The summed E-state index contributed by atoms with van der Waals surface area (Å²) in [5.74, 6) is 0.644. The number of nitrogens with zero attached hydrogens (tertiary/aromatic N) is 1. The maximum absolute atomic E-state index is 11.9. The molecule has 1 heterocycles. The molecule has 6 heteroatoms. The summed E-state index contributed by atoms with van der Waals surface area (Å²) in [5.41, 5.74) is 0. The van der Waals surface area contributed by atoms with E-state index in [0.29, 0.717) is 0 Å². The molecule has 0 bridgehead atoms. The van der Waals surface area contributed by atoms with Crippen LogP contribution in [0.4, 0.5) is 4.79 Å². The van der Waals surface area contributed by atoms with Gasteiger partial charge in [-0.05, 0) is 37.8 Å². The lowest BCUT2D eigenvalue weighted by molar-refractivity contribution is -0.121. The van der Waals surface area contributed by atoms with Crippen LogP contribution in [0.15, 0.2) is 30.3 Å². The Morgan fingerprint density at radius 2 is 1.78 bits per heavy atom. The van der Waals surface area contributed by atoms with Crippen LogP contribution in [0.3, 0.4) is 0 Å². The highest BCUT2D eigenvalue weighted by atomic mass is 16.5. The highest BCUT2D eigenvalue weighted by Crippen LogP contribution is 2.19. The van der Waals surface area contributed by atoms with Crippen LogP contribution in [0.5, 0.6) is 5.75 Å². The molecule has 2 aliphatic rings. The summed E-state index contributed by atoms with van der Waals surface area (Å²) in [6.45, 7) is 1.86. The SMILES string of the molecule is O=C(CN1CCC(Oc2ccccc2)CC1)NC(=O)NC1CC1. The number of para-hydroxylation sites is 1. The van der Waals surface area contributed by atoms with Gasteiger partial charge in [-0.2, -0.15) is 0 Å². The Kier molecular flexibility index (Phi) is 5.12. The van der Waals surface area contributed by atoms with Crippen LogP contribution in [-0.4, -0.2) is 48.6 Å². The van der Waals surface area contributed by atoms with Crippen LogP contribution < -0.4 is 15.4 Å². The van der Waals surface area contributed by atoms with Crippen molar-refractivity contribution in [1.29, 1.82) is 0 Å². The van der Waals surface area contributed by atoms with E-state index in [2.05, 4.69) is 15.5 Å². The molecule has 2 fully saturated rings. The molecule has 0 aromatic heterocycles. The van der Waals surface area contributed by atoms with Crippen molar-refractivity contribution >= 4 is 11.9 Å². The molecule has 1 saturated heterocycles. The molecule has 0 atom stereocenters. The highest BCUT2D eigenvalue weighted by molar-refractivity contribution is 5.95. The molecule has 1 aliphatic heterocycles. The fourth-order valence-electron chi connectivity index (χ4n) is 2.70. The average molecular weight is 317 g/mol. The van der Waals surface area contributed by atoms with Crippen molar-refractivity contribution in [3.63, 3.8) is 0 Å². The first-order valence-corrected chi connectivity index (χ1v) is 8.23. The van der Waals surface area contributed by atoms with E-state index in [1.54, 1.807) is 0 Å². The fourth-order valence-corrected chi connectivity index (χ4v) is 2.70. The van der Waals surface area contributed by atoms with Gasteiger partial charge in [-0.1, -0.05) is 18.2 Å². The van der Waals surface area contributed by atoms with Gasteiger partial charge in [-0.15, -0.1) is 0 Å². The number of rotatable bonds is 5. The van der Waals surface area contributed by atoms with E-state index in [9.17, 15) is 9.59 Å². The minimum atomic E-state index is -0.375.